The minimum atomic E-state index is -3.40. The van der Waals surface area contributed by atoms with Gasteiger partial charge in [0.1, 0.15) is 11.1 Å². The normalized spacial score (nSPS) is 15.8. The van der Waals surface area contributed by atoms with Gasteiger partial charge in [-0.05, 0) is 54.6 Å². The number of aliphatic hydroxyl groups excluding tert-OH is 1. The summed E-state index contributed by atoms with van der Waals surface area (Å²) in [5.74, 6) is -3.75. The zero-order valence-electron chi connectivity index (χ0n) is 15.3. The van der Waals surface area contributed by atoms with Crippen LogP contribution in [0.2, 0.25) is 0 Å². The Kier molecular flexibility index (Phi) is 5.46. The first-order chi connectivity index (χ1) is 13.1. The van der Waals surface area contributed by atoms with Crippen molar-refractivity contribution in [2.45, 2.75) is 44.7 Å². The number of non-ortho nitro benzene ring substituents is 1. The number of anilines is 1. The maximum absolute atomic E-state index is 14.3. The summed E-state index contributed by atoms with van der Waals surface area (Å²) < 4.78 is 30.1. The SMILES string of the molecule is CC(C)n1c(=O)c(Br)c(NC(C2CC2)C(F)(F)CO)c2cc([N+](=O)[O-])ccc21. The molecular formula is C18H20BrF2N3O4. The van der Waals surface area contributed by atoms with Crippen molar-refractivity contribution in [3.05, 3.63) is 43.1 Å². The van der Waals surface area contributed by atoms with Crippen molar-refractivity contribution in [2.75, 3.05) is 11.9 Å². The van der Waals surface area contributed by atoms with Crippen molar-refractivity contribution < 1.29 is 18.8 Å². The molecule has 1 heterocycles. The molecule has 10 heteroatoms. The number of nitro benzene ring substituents is 1. The monoisotopic (exact) mass is 459 g/mol. The number of aliphatic hydroxyl groups is 1. The highest BCUT2D eigenvalue weighted by Crippen LogP contribution is 2.43. The maximum Gasteiger partial charge on any atom is 0.290 e. The molecule has 3 rings (SSSR count). The fourth-order valence-corrected chi connectivity index (χ4v) is 3.91. The van der Waals surface area contributed by atoms with Gasteiger partial charge in [0.2, 0.25) is 0 Å². The highest BCUT2D eigenvalue weighted by molar-refractivity contribution is 9.10. The van der Waals surface area contributed by atoms with Gasteiger partial charge in [0.05, 0.1) is 22.2 Å². The Labute approximate surface area is 167 Å². The number of rotatable bonds is 7. The Bertz CT molecular complexity index is 989. The molecule has 0 saturated heterocycles. The standard InChI is InChI=1S/C18H20BrF2N3O4/c1-9(2)23-13-6-5-11(24(27)28)7-12(13)15(14(19)17(23)26)22-16(10-3-4-10)18(20,21)8-25/h5-7,9-10,16,22,25H,3-4,8H2,1-2H3. The van der Waals surface area contributed by atoms with Crippen molar-refractivity contribution in [1.29, 1.82) is 0 Å². The predicted molar refractivity (Wildman–Crippen MR) is 105 cm³/mol. The highest BCUT2D eigenvalue weighted by Gasteiger charge is 2.48. The molecule has 2 aromatic rings. The molecule has 0 spiro atoms. The fourth-order valence-electron chi connectivity index (χ4n) is 3.39. The number of fused-ring (bicyclic) bond motifs is 1. The lowest BCUT2D eigenvalue weighted by Gasteiger charge is -2.29. The van der Waals surface area contributed by atoms with Crippen LogP contribution in [0.5, 0.6) is 0 Å². The molecule has 1 fully saturated rings. The van der Waals surface area contributed by atoms with E-state index in [-0.39, 0.29) is 33.2 Å². The van der Waals surface area contributed by atoms with Crippen molar-refractivity contribution in [2.24, 2.45) is 5.92 Å². The van der Waals surface area contributed by atoms with E-state index in [1.54, 1.807) is 13.8 Å². The van der Waals surface area contributed by atoms with Gasteiger partial charge in [0.15, 0.2) is 0 Å². The van der Waals surface area contributed by atoms with Crippen LogP contribution in [0.4, 0.5) is 20.2 Å². The van der Waals surface area contributed by atoms with Crippen molar-refractivity contribution in [3.63, 3.8) is 0 Å². The van der Waals surface area contributed by atoms with Gasteiger partial charge in [-0.15, -0.1) is 0 Å². The smallest absolute Gasteiger partial charge is 0.290 e. The Morgan fingerprint density at radius 3 is 2.57 bits per heavy atom. The third-order valence-corrected chi connectivity index (χ3v) is 5.66. The average Bonchev–Trinajstić information content (AvgIpc) is 3.46. The van der Waals surface area contributed by atoms with E-state index in [4.69, 9.17) is 5.11 Å². The van der Waals surface area contributed by atoms with Crippen LogP contribution in [0.25, 0.3) is 10.9 Å². The number of pyridine rings is 1. The van der Waals surface area contributed by atoms with Crippen LogP contribution < -0.4 is 10.9 Å². The quantitative estimate of drug-likeness (QED) is 0.480. The zero-order valence-corrected chi connectivity index (χ0v) is 16.9. The second-order valence-electron chi connectivity index (χ2n) is 7.30. The lowest BCUT2D eigenvalue weighted by molar-refractivity contribution is -0.384. The molecule has 1 aromatic carbocycles. The Morgan fingerprint density at radius 2 is 2.07 bits per heavy atom. The summed E-state index contributed by atoms with van der Waals surface area (Å²) in [5, 5.41) is 23.4. The lowest BCUT2D eigenvalue weighted by atomic mass is 10.0. The molecule has 0 aliphatic heterocycles. The number of nitrogens with zero attached hydrogens (tertiary/aromatic N) is 2. The minimum Gasteiger partial charge on any atom is -0.390 e. The minimum absolute atomic E-state index is 0.0218. The molecule has 1 aliphatic carbocycles. The summed E-state index contributed by atoms with van der Waals surface area (Å²) in [6.07, 6.45) is 1.15. The number of alkyl halides is 2. The van der Waals surface area contributed by atoms with E-state index < -0.39 is 29.1 Å². The van der Waals surface area contributed by atoms with Crippen molar-refractivity contribution in [3.8, 4) is 0 Å². The summed E-state index contributed by atoms with van der Waals surface area (Å²) in [6, 6.07) is 2.36. The molecule has 152 valence electrons. The summed E-state index contributed by atoms with van der Waals surface area (Å²) in [7, 11) is 0. The molecule has 1 aliphatic rings. The number of halogens is 3. The summed E-state index contributed by atoms with van der Waals surface area (Å²) in [5.41, 5.74) is -0.169. The first-order valence-electron chi connectivity index (χ1n) is 8.85. The molecule has 1 saturated carbocycles. The van der Waals surface area contributed by atoms with Crippen LogP contribution in [0.15, 0.2) is 27.5 Å². The third-order valence-electron chi connectivity index (χ3n) is 4.92. The Morgan fingerprint density at radius 1 is 1.43 bits per heavy atom. The summed E-state index contributed by atoms with van der Waals surface area (Å²) >= 11 is 3.20. The van der Waals surface area contributed by atoms with E-state index in [9.17, 15) is 23.7 Å². The van der Waals surface area contributed by atoms with Crippen LogP contribution in [0.1, 0.15) is 32.7 Å². The highest BCUT2D eigenvalue weighted by atomic mass is 79.9. The van der Waals surface area contributed by atoms with Crippen LogP contribution in [0, 0.1) is 16.0 Å². The van der Waals surface area contributed by atoms with Gasteiger partial charge in [-0.2, -0.15) is 0 Å². The second kappa shape index (κ2) is 7.40. The third kappa shape index (κ3) is 3.62. The second-order valence-corrected chi connectivity index (χ2v) is 8.09. The number of nitro groups is 1. The van der Waals surface area contributed by atoms with E-state index in [1.807, 2.05) is 0 Å². The van der Waals surface area contributed by atoms with Gasteiger partial charge in [0.25, 0.3) is 17.2 Å². The number of aromatic nitrogens is 1. The molecule has 1 unspecified atom stereocenters. The molecule has 1 aromatic heterocycles. The number of benzene rings is 1. The van der Waals surface area contributed by atoms with Crippen molar-refractivity contribution in [1.82, 2.24) is 4.57 Å². The van der Waals surface area contributed by atoms with Gasteiger partial charge in [-0.3, -0.25) is 14.9 Å². The lowest BCUT2D eigenvalue weighted by Crippen LogP contribution is -2.44. The van der Waals surface area contributed by atoms with Crippen LogP contribution in [-0.4, -0.2) is 33.2 Å². The summed E-state index contributed by atoms with van der Waals surface area (Å²) in [4.78, 5) is 23.5. The maximum atomic E-state index is 14.3. The van der Waals surface area contributed by atoms with Gasteiger partial charge >= 0.3 is 0 Å². The van der Waals surface area contributed by atoms with Crippen molar-refractivity contribution >= 4 is 38.2 Å². The predicted octanol–water partition coefficient (Wildman–Crippen LogP) is 4.07. The molecular weight excluding hydrogens is 440 g/mol. The molecule has 0 amide bonds. The summed E-state index contributed by atoms with van der Waals surface area (Å²) in [6.45, 7) is 2.24. The fraction of sp³-hybridized carbons (Fsp3) is 0.500. The Balaban J connectivity index is 2.27. The van der Waals surface area contributed by atoms with Gasteiger partial charge in [0, 0.05) is 23.6 Å². The van der Waals surface area contributed by atoms with E-state index in [2.05, 4.69) is 21.2 Å². The molecule has 0 bridgehead atoms. The largest absolute Gasteiger partial charge is 0.390 e. The van der Waals surface area contributed by atoms with E-state index in [0.29, 0.717) is 18.4 Å². The molecule has 2 N–H and O–H groups in total. The first-order valence-corrected chi connectivity index (χ1v) is 9.65. The number of hydrogen-bond donors (Lipinski definition) is 2. The molecule has 28 heavy (non-hydrogen) atoms. The van der Waals surface area contributed by atoms with Crippen LogP contribution in [-0.2, 0) is 0 Å². The topological polar surface area (TPSA) is 97.4 Å². The van der Waals surface area contributed by atoms with E-state index >= 15 is 0 Å². The van der Waals surface area contributed by atoms with Crippen LogP contribution in [0.3, 0.4) is 0 Å². The van der Waals surface area contributed by atoms with Gasteiger partial charge < -0.3 is 15.0 Å². The first kappa shape index (κ1) is 20.7. The van der Waals surface area contributed by atoms with Crippen LogP contribution >= 0.6 is 15.9 Å². The zero-order chi connectivity index (χ0) is 20.8. The molecule has 1 atom stereocenters. The van der Waals surface area contributed by atoms with E-state index in [1.165, 1.54) is 22.8 Å². The molecule has 7 nitrogen and oxygen atoms in total. The van der Waals surface area contributed by atoms with E-state index in [0.717, 1.165) is 0 Å². The van der Waals surface area contributed by atoms with Gasteiger partial charge in [-0.25, -0.2) is 8.78 Å². The number of nitrogens with one attached hydrogen (secondary N) is 1. The van der Waals surface area contributed by atoms with Gasteiger partial charge in [-0.1, -0.05) is 0 Å². The number of hydrogen-bond acceptors (Lipinski definition) is 5. The molecule has 0 radical (unpaired) electrons. The average molecular weight is 460 g/mol. The Hall–Kier alpha value is -2.07.